The summed E-state index contributed by atoms with van der Waals surface area (Å²) < 4.78 is 31.4. The lowest BCUT2D eigenvalue weighted by atomic mass is 9.91. The molecule has 26 heavy (non-hydrogen) atoms. The number of carbonyl (C=O) groups is 3. The van der Waals surface area contributed by atoms with Gasteiger partial charge in [0.15, 0.2) is 12.4 Å². The van der Waals surface area contributed by atoms with Crippen molar-refractivity contribution in [2.24, 2.45) is 5.41 Å². The number of ether oxygens (including phenoxy) is 1. The van der Waals surface area contributed by atoms with Crippen molar-refractivity contribution in [3.8, 4) is 0 Å². The molecule has 144 valence electrons. The van der Waals surface area contributed by atoms with E-state index in [4.69, 9.17) is 4.74 Å². The molecule has 0 aliphatic carbocycles. The lowest BCUT2D eigenvalue weighted by molar-refractivity contribution is -0.149. The van der Waals surface area contributed by atoms with Crippen molar-refractivity contribution in [1.82, 2.24) is 4.72 Å². The van der Waals surface area contributed by atoms with Gasteiger partial charge in [-0.2, -0.15) is 0 Å². The van der Waals surface area contributed by atoms with Crippen molar-refractivity contribution < 1.29 is 27.5 Å². The lowest BCUT2D eigenvalue weighted by Crippen LogP contribution is -2.29. The highest BCUT2D eigenvalue weighted by Crippen LogP contribution is 2.15. The number of hydrogen-bond acceptors (Lipinski definition) is 6. The molecule has 0 unspecified atom stereocenters. The third-order valence-electron chi connectivity index (χ3n) is 3.31. The standard InChI is InChI=1S/C17H24N2O6S/c1-12(20)19-13-5-7-14(8-6-13)26(23,24)18-10-9-16(22)25-11-15(21)17(2,3)4/h5-8,18H,9-11H2,1-4H3,(H,19,20). The zero-order valence-electron chi connectivity index (χ0n) is 15.3. The van der Waals surface area contributed by atoms with Gasteiger partial charge in [0.05, 0.1) is 11.3 Å². The Morgan fingerprint density at radius 3 is 2.15 bits per heavy atom. The molecule has 1 aromatic carbocycles. The Kier molecular flexibility index (Phi) is 7.46. The Hall–Kier alpha value is -2.26. The molecule has 0 aromatic heterocycles. The van der Waals surface area contributed by atoms with E-state index in [1.165, 1.54) is 31.2 Å². The summed E-state index contributed by atoms with van der Waals surface area (Å²) in [5, 5.41) is 2.53. The quantitative estimate of drug-likeness (QED) is 0.655. The molecule has 0 saturated carbocycles. The average Bonchev–Trinajstić information content (AvgIpc) is 2.51. The predicted octanol–water partition coefficient (Wildman–Crippen LogP) is 1.47. The maximum atomic E-state index is 12.1. The van der Waals surface area contributed by atoms with Crippen LogP contribution in [0.1, 0.15) is 34.1 Å². The van der Waals surface area contributed by atoms with Crippen molar-refractivity contribution in [3.63, 3.8) is 0 Å². The maximum Gasteiger partial charge on any atom is 0.307 e. The first-order valence-electron chi connectivity index (χ1n) is 7.98. The summed E-state index contributed by atoms with van der Waals surface area (Å²) in [4.78, 5) is 34.2. The van der Waals surface area contributed by atoms with Crippen molar-refractivity contribution in [2.45, 2.75) is 39.0 Å². The number of rotatable bonds is 8. The van der Waals surface area contributed by atoms with Gasteiger partial charge in [-0.25, -0.2) is 13.1 Å². The van der Waals surface area contributed by atoms with Crippen LogP contribution in [-0.2, 0) is 29.1 Å². The Balaban J connectivity index is 2.49. The van der Waals surface area contributed by atoms with Crippen molar-refractivity contribution in [3.05, 3.63) is 24.3 Å². The summed E-state index contributed by atoms with van der Waals surface area (Å²) in [7, 11) is -3.79. The van der Waals surface area contributed by atoms with Crippen LogP contribution in [0.3, 0.4) is 0 Å². The molecule has 8 nitrogen and oxygen atoms in total. The predicted molar refractivity (Wildman–Crippen MR) is 96.0 cm³/mol. The first-order valence-corrected chi connectivity index (χ1v) is 9.46. The van der Waals surface area contributed by atoms with Gasteiger partial charge in [-0.15, -0.1) is 0 Å². The number of sulfonamides is 1. The molecule has 1 rings (SSSR count). The fourth-order valence-corrected chi connectivity index (χ4v) is 2.76. The third kappa shape index (κ3) is 7.32. The van der Waals surface area contributed by atoms with Gasteiger partial charge < -0.3 is 10.1 Å². The van der Waals surface area contributed by atoms with E-state index in [-0.39, 0.29) is 36.2 Å². The molecule has 0 aliphatic heterocycles. The van der Waals surface area contributed by atoms with Crippen LogP contribution in [0.25, 0.3) is 0 Å². The normalized spacial score (nSPS) is 11.7. The molecule has 1 aromatic rings. The zero-order valence-corrected chi connectivity index (χ0v) is 16.1. The number of anilines is 1. The lowest BCUT2D eigenvalue weighted by Gasteiger charge is -2.16. The van der Waals surface area contributed by atoms with E-state index in [9.17, 15) is 22.8 Å². The SMILES string of the molecule is CC(=O)Nc1ccc(S(=O)(=O)NCCC(=O)OCC(=O)C(C)(C)C)cc1. The molecule has 0 radical (unpaired) electrons. The second kappa shape index (κ2) is 8.91. The molecule has 0 saturated heterocycles. The van der Waals surface area contributed by atoms with E-state index in [1.807, 2.05) is 0 Å². The Morgan fingerprint density at radius 1 is 1.08 bits per heavy atom. The van der Waals surface area contributed by atoms with E-state index in [2.05, 4.69) is 10.0 Å². The minimum absolute atomic E-state index is 0.00267. The van der Waals surface area contributed by atoms with Gasteiger partial charge >= 0.3 is 5.97 Å². The second-order valence-corrected chi connectivity index (χ2v) is 8.45. The molecular weight excluding hydrogens is 360 g/mol. The van der Waals surface area contributed by atoms with E-state index in [0.717, 1.165) is 0 Å². The van der Waals surface area contributed by atoms with Crippen LogP contribution in [0.2, 0.25) is 0 Å². The summed E-state index contributed by atoms with van der Waals surface area (Å²) in [5.74, 6) is -1.14. The average molecular weight is 384 g/mol. The molecule has 0 heterocycles. The van der Waals surface area contributed by atoms with Gasteiger partial charge in [0.25, 0.3) is 0 Å². The number of esters is 1. The fraction of sp³-hybridized carbons (Fsp3) is 0.471. The molecule has 2 N–H and O–H groups in total. The highest BCUT2D eigenvalue weighted by atomic mass is 32.2. The van der Waals surface area contributed by atoms with E-state index in [1.54, 1.807) is 20.8 Å². The van der Waals surface area contributed by atoms with E-state index in [0.29, 0.717) is 5.69 Å². The number of amides is 1. The molecule has 0 atom stereocenters. The summed E-state index contributed by atoms with van der Waals surface area (Å²) in [6, 6.07) is 5.60. The number of Topliss-reactive ketones (excluding diaryl/α,β-unsaturated/α-hetero) is 1. The zero-order chi connectivity index (χ0) is 20.0. The molecule has 1 amide bonds. The minimum atomic E-state index is -3.79. The van der Waals surface area contributed by atoms with E-state index < -0.39 is 21.4 Å². The van der Waals surface area contributed by atoms with Crippen molar-refractivity contribution in [1.29, 1.82) is 0 Å². The van der Waals surface area contributed by atoms with Crippen LogP contribution in [0.15, 0.2) is 29.2 Å². The van der Waals surface area contributed by atoms with Crippen LogP contribution in [0, 0.1) is 5.41 Å². The fourth-order valence-electron chi connectivity index (χ4n) is 1.73. The molecule has 0 aliphatic rings. The Morgan fingerprint density at radius 2 is 1.65 bits per heavy atom. The van der Waals surface area contributed by atoms with Crippen LogP contribution in [-0.4, -0.2) is 39.2 Å². The summed E-state index contributed by atoms with van der Waals surface area (Å²) >= 11 is 0. The van der Waals surface area contributed by atoms with Gasteiger partial charge in [0, 0.05) is 24.6 Å². The summed E-state index contributed by atoms with van der Waals surface area (Å²) in [6.07, 6.45) is -0.194. The van der Waals surface area contributed by atoms with Crippen molar-refractivity contribution >= 4 is 33.4 Å². The molecular formula is C17H24N2O6S. The minimum Gasteiger partial charge on any atom is -0.458 e. The molecule has 0 spiro atoms. The van der Waals surface area contributed by atoms with Gasteiger partial charge in [0.1, 0.15) is 0 Å². The summed E-state index contributed by atoms with van der Waals surface area (Å²) in [5.41, 5.74) is -0.130. The Labute approximate surface area is 153 Å². The van der Waals surface area contributed by atoms with Crippen LogP contribution in [0.5, 0.6) is 0 Å². The highest BCUT2D eigenvalue weighted by Gasteiger charge is 2.22. The monoisotopic (exact) mass is 384 g/mol. The highest BCUT2D eigenvalue weighted by molar-refractivity contribution is 7.89. The second-order valence-electron chi connectivity index (χ2n) is 6.69. The number of hydrogen-bond donors (Lipinski definition) is 2. The van der Waals surface area contributed by atoms with Crippen LogP contribution in [0.4, 0.5) is 5.69 Å². The molecule has 9 heteroatoms. The first kappa shape index (κ1) is 21.8. The summed E-state index contributed by atoms with van der Waals surface area (Å²) in [6.45, 7) is 6.01. The molecule has 0 bridgehead atoms. The third-order valence-corrected chi connectivity index (χ3v) is 4.78. The number of nitrogens with one attached hydrogen (secondary N) is 2. The van der Waals surface area contributed by atoms with Gasteiger partial charge in [-0.1, -0.05) is 20.8 Å². The van der Waals surface area contributed by atoms with Gasteiger partial charge in [-0.05, 0) is 24.3 Å². The van der Waals surface area contributed by atoms with Crippen molar-refractivity contribution in [2.75, 3.05) is 18.5 Å². The number of ketones is 1. The molecule has 0 fully saturated rings. The van der Waals surface area contributed by atoms with Gasteiger partial charge in [0.2, 0.25) is 15.9 Å². The van der Waals surface area contributed by atoms with Gasteiger partial charge in [-0.3, -0.25) is 14.4 Å². The Bertz CT molecular complexity index is 763. The van der Waals surface area contributed by atoms with E-state index >= 15 is 0 Å². The topological polar surface area (TPSA) is 119 Å². The first-order chi connectivity index (χ1) is 11.9. The van der Waals surface area contributed by atoms with Crippen LogP contribution < -0.4 is 10.0 Å². The largest absolute Gasteiger partial charge is 0.458 e. The maximum absolute atomic E-state index is 12.1. The smallest absolute Gasteiger partial charge is 0.307 e. The number of carbonyl (C=O) groups excluding carboxylic acids is 3. The number of benzene rings is 1. The van der Waals surface area contributed by atoms with Crippen LogP contribution >= 0.6 is 0 Å².